The highest BCUT2D eigenvalue weighted by Gasteiger charge is 2.39. The number of carbonyl (C=O) groups excluding carboxylic acids is 3. The van der Waals surface area contributed by atoms with Crippen molar-refractivity contribution in [2.24, 2.45) is 11.8 Å². The third-order valence-electron chi connectivity index (χ3n) is 9.94. The fraction of sp³-hybridized carbons (Fsp3) is 0.646. The van der Waals surface area contributed by atoms with Crippen molar-refractivity contribution >= 4 is 25.5 Å². The van der Waals surface area contributed by atoms with Crippen molar-refractivity contribution in [1.82, 2.24) is 0 Å². The highest BCUT2D eigenvalue weighted by molar-refractivity contribution is 7.47. The Balaban J connectivity index is 2.48. The van der Waals surface area contributed by atoms with Gasteiger partial charge in [-0.15, -0.1) is 0 Å². The second-order valence-electron chi connectivity index (χ2n) is 15.5. The molecule has 1 aliphatic carbocycles. The van der Waals surface area contributed by atoms with Gasteiger partial charge in [-0.05, 0) is 64.2 Å². The molecule has 0 amide bonds. The number of Topliss-reactive ketones (excluding diaryl/α,β-unsaturated/α-hetero) is 1. The van der Waals surface area contributed by atoms with Gasteiger partial charge in [-0.25, -0.2) is 4.57 Å². The minimum atomic E-state index is -4.71. The van der Waals surface area contributed by atoms with E-state index >= 15 is 0 Å². The van der Waals surface area contributed by atoms with Crippen LogP contribution in [0.5, 0.6) is 0 Å². The first-order valence-corrected chi connectivity index (χ1v) is 24.1. The van der Waals surface area contributed by atoms with E-state index in [0.717, 1.165) is 64.2 Å². The number of rotatable bonds is 37. The molecule has 0 radical (unpaired) electrons. The monoisotopic (exact) mass is 893 g/mol. The lowest BCUT2D eigenvalue weighted by Crippen LogP contribution is -2.29. The summed E-state index contributed by atoms with van der Waals surface area (Å²) in [5.41, 5.74) is 0. The Morgan fingerprint density at radius 1 is 0.742 bits per heavy atom. The molecular weight excluding hydrogens is 815 g/mol. The molecule has 0 saturated heterocycles. The Hall–Kier alpha value is -3.26. The number of unbranched alkanes of at least 4 members (excludes halogenated alkanes) is 5. The van der Waals surface area contributed by atoms with Gasteiger partial charge in [0, 0.05) is 31.1 Å². The van der Waals surface area contributed by atoms with E-state index in [0.29, 0.717) is 38.5 Å². The maximum absolute atomic E-state index is 12.6. The largest absolute Gasteiger partial charge is 0.472 e. The highest BCUT2D eigenvalue weighted by Crippen LogP contribution is 2.43. The summed E-state index contributed by atoms with van der Waals surface area (Å²) >= 11 is 0. The van der Waals surface area contributed by atoms with Crippen molar-refractivity contribution in [3.63, 3.8) is 0 Å². The van der Waals surface area contributed by atoms with Gasteiger partial charge in [0.05, 0.1) is 32.0 Å². The van der Waals surface area contributed by atoms with Crippen molar-refractivity contribution in [1.29, 1.82) is 0 Å². The van der Waals surface area contributed by atoms with Gasteiger partial charge >= 0.3 is 19.8 Å². The van der Waals surface area contributed by atoms with Crippen LogP contribution in [0.4, 0.5) is 0 Å². The van der Waals surface area contributed by atoms with Crippen molar-refractivity contribution in [2.75, 3.05) is 26.4 Å². The summed E-state index contributed by atoms with van der Waals surface area (Å²) in [4.78, 5) is 47.8. The number of phosphoric acid groups is 1. The van der Waals surface area contributed by atoms with E-state index in [9.17, 15) is 39.2 Å². The summed E-state index contributed by atoms with van der Waals surface area (Å²) < 4.78 is 32.6. The maximum Gasteiger partial charge on any atom is 0.472 e. The molecule has 1 rings (SSSR count). The number of phosphoric ester groups is 1. The topological polar surface area (TPSA) is 206 Å². The molecule has 0 heterocycles. The number of aliphatic hydroxyl groups excluding tert-OH is 4. The summed E-state index contributed by atoms with van der Waals surface area (Å²) in [5.74, 6) is -1.79. The van der Waals surface area contributed by atoms with Crippen LogP contribution >= 0.6 is 7.82 Å². The molecule has 352 valence electrons. The van der Waals surface area contributed by atoms with Gasteiger partial charge < -0.3 is 34.8 Å². The lowest BCUT2D eigenvalue weighted by atomic mass is 9.88. The summed E-state index contributed by atoms with van der Waals surface area (Å²) in [5, 5.41) is 39.1. The summed E-state index contributed by atoms with van der Waals surface area (Å²) in [6.07, 6.45) is 37.5. The number of carbonyl (C=O) groups is 3. The quantitative estimate of drug-likeness (QED) is 0.0171. The average Bonchev–Trinajstić information content (AvgIpc) is 3.52. The van der Waals surface area contributed by atoms with E-state index in [1.165, 1.54) is 0 Å². The zero-order chi connectivity index (χ0) is 45.7. The van der Waals surface area contributed by atoms with E-state index in [-0.39, 0.29) is 36.9 Å². The second kappa shape index (κ2) is 37.1. The maximum atomic E-state index is 12.6. The van der Waals surface area contributed by atoms with Gasteiger partial charge in [0.1, 0.15) is 18.5 Å². The predicted molar refractivity (Wildman–Crippen MR) is 243 cm³/mol. The fourth-order valence-electron chi connectivity index (χ4n) is 6.44. The molecule has 1 aliphatic rings. The lowest BCUT2D eigenvalue weighted by Gasteiger charge is -2.20. The molecule has 7 atom stereocenters. The van der Waals surface area contributed by atoms with Gasteiger partial charge in [0.2, 0.25) is 0 Å². The molecular formula is C48H77O13P. The molecule has 14 heteroatoms. The van der Waals surface area contributed by atoms with Gasteiger partial charge in [-0.2, -0.15) is 0 Å². The first-order chi connectivity index (χ1) is 29.9. The lowest BCUT2D eigenvalue weighted by molar-refractivity contribution is -0.161. The molecule has 1 saturated carbocycles. The summed E-state index contributed by atoms with van der Waals surface area (Å²) in [6.45, 7) is 1.79. The molecule has 0 aliphatic heterocycles. The highest BCUT2D eigenvalue weighted by atomic mass is 31.2. The van der Waals surface area contributed by atoms with Crippen LogP contribution in [0.25, 0.3) is 0 Å². The van der Waals surface area contributed by atoms with Gasteiger partial charge in [-0.3, -0.25) is 23.4 Å². The van der Waals surface area contributed by atoms with Gasteiger partial charge in [0.15, 0.2) is 6.10 Å². The number of hydrogen-bond donors (Lipinski definition) is 5. The van der Waals surface area contributed by atoms with Crippen LogP contribution in [0.1, 0.15) is 136 Å². The number of aliphatic hydroxyl groups is 4. The second-order valence-corrected chi connectivity index (χ2v) is 16.9. The minimum Gasteiger partial charge on any atom is -0.462 e. The molecule has 5 N–H and O–H groups in total. The van der Waals surface area contributed by atoms with Crippen molar-refractivity contribution in [3.05, 3.63) is 85.1 Å². The number of allylic oxidation sites excluding steroid dienone is 12. The Morgan fingerprint density at radius 3 is 1.92 bits per heavy atom. The Morgan fingerprint density at radius 2 is 1.32 bits per heavy atom. The SMILES string of the molecule is CC/C=C\C/C=C\C/C=C\C/C=C\C/C=C\C/C=C\CCC(=O)O[C@H](COC(=O)CCCCCC[C@H]1C(=O)C[C@@H](O)[C@@H]1/C=C/[C@@H](O)CCCCC)COP(=O)(O)OC[C@@H](O)CO. The molecule has 0 spiro atoms. The average molecular weight is 893 g/mol. The van der Waals surface area contributed by atoms with Crippen LogP contribution in [-0.4, -0.2) is 93.9 Å². The molecule has 0 bridgehead atoms. The van der Waals surface area contributed by atoms with Crippen molar-refractivity contribution < 1.29 is 62.8 Å². The smallest absolute Gasteiger partial charge is 0.462 e. The zero-order valence-electron chi connectivity index (χ0n) is 37.3. The Kier molecular flexibility index (Phi) is 34.0. The van der Waals surface area contributed by atoms with Crippen LogP contribution in [-0.2, 0) is 37.5 Å². The number of esters is 2. The van der Waals surface area contributed by atoms with Crippen LogP contribution in [0.3, 0.4) is 0 Å². The minimum absolute atomic E-state index is 0.00599. The summed E-state index contributed by atoms with van der Waals surface area (Å²) in [7, 11) is -4.71. The van der Waals surface area contributed by atoms with E-state index in [1.807, 2.05) is 18.2 Å². The normalized spacial score (nSPS) is 19.9. The first-order valence-electron chi connectivity index (χ1n) is 22.6. The molecule has 0 aromatic carbocycles. The van der Waals surface area contributed by atoms with Crippen molar-refractivity contribution in [3.8, 4) is 0 Å². The van der Waals surface area contributed by atoms with E-state index in [4.69, 9.17) is 19.1 Å². The van der Waals surface area contributed by atoms with Gasteiger partial charge in [-0.1, -0.05) is 137 Å². The molecule has 1 fully saturated rings. The Bertz CT molecular complexity index is 1470. The molecule has 0 aromatic heterocycles. The van der Waals surface area contributed by atoms with Crippen LogP contribution < -0.4 is 0 Å². The molecule has 62 heavy (non-hydrogen) atoms. The predicted octanol–water partition coefficient (Wildman–Crippen LogP) is 8.81. The van der Waals surface area contributed by atoms with E-state index in [1.54, 1.807) is 12.2 Å². The van der Waals surface area contributed by atoms with Crippen molar-refractivity contribution in [2.45, 2.75) is 160 Å². The third-order valence-corrected chi connectivity index (χ3v) is 10.9. The number of ketones is 1. The number of ether oxygens (including phenoxy) is 2. The van der Waals surface area contributed by atoms with Gasteiger partial charge in [0.25, 0.3) is 0 Å². The molecule has 1 unspecified atom stereocenters. The van der Waals surface area contributed by atoms with E-state index in [2.05, 4.69) is 73.1 Å². The number of hydrogen-bond acceptors (Lipinski definition) is 12. The van der Waals surface area contributed by atoms with Crippen LogP contribution in [0, 0.1) is 11.8 Å². The third kappa shape index (κ3) is 30.7. The fourth-order valence-corrected chi connectivity index (χ4v) is 7.23. The van der Waals surface area contributed by atoms with E-state index < -0.39 is 70.6 Å². The zero-order valence-corrected chi connectivity index (χ0v) is 38.2. The molecule has 0 aromatic rings. The standard InChI is InChI=1S/C48H77O13P/c1-3-5-7-8-9-10-11-12-13-14-15-16-17-18-19-20-21-22-28-32-48(55)61-42(39-60-62(56,57)59-37-41(51)36-49)38-58-47(54)31-27-24-23-26-30-43-44(46(53)35-45(43)52)34-33-40(50)29-25-6-4-2/h5,7,9-10,12-13,15-16,18-19,21-22,33-34,40-44,46,49-51,53H,3-4,6,8,11,14,17,20,23-32,35-39H2,1-2H3,(H,56,57)/b7-5-,10-9-,13-12-,16-15-,19-18-,22-21-,34-33+/t40-,41-,42+,43+,44+,46+/m0/s1. The Labute approximate surface area is 371 Å². The van der Waals surface area contributed by atoms with Crippen LogP contribution in [0.15, 0.2) is 85.1 Å². The van der Waals surface area contributed by atoms with Crippen LogP contribution in [0.2, 0.25) is 0 Å². The summed E-state index contributed by atoms with van der Waals surface area (Å²) in [6, 6.07) is 0. The first kappa shape index (κ1) is 56.8. The molecule has 13 nitrogen and oxygen atoms in total.